The average molecular weight is 305 g/mol. The molecule has 0 aliphatic heterocycles. The highest BCUT2D eigenvalue weighted by Crippen LogP contribution is 2.23. The van der Waals surface area contributed by atoms with E-state index >= 15 is 0 Å². The maximum absolute atomic E-state index is 11.7. The van der Waals surface area contributed by atoms with Crippen LogP contribution < -0.4 is 11.1 Å². The molecule has 110 valence electrons. The second kappa shape index (κ2) is 6.47. The number of benzene rings is 1. The Labute approximate surface area is 125 Å². The molecule has 21 heavy (non-hydrogen) atoms. The minimum Gasteiger partial charge on any atom is -0.481 e. The summed E-state index contributed by atoms with van der Waals surface area (Å²) in [5.41, 5.74) is 7.89. The lowest BCUT2D eigenvalue weighted by Gasteiger charge is -2.10. The summed E-state index contributed by atoms with van der Waals surface area (Å²) in [7, 11) is 0. The number of aliphatic carboxylic acids is 1. The molecule has 1 heterocycles. The van der Waals surface area contributed by atoms with Crippen LogP contribution in [-0.2, 0) is 9.59 Å². The quantitative estimate of drug-likeness (QED) is 0.782. The van der Waals surface area contributed by atoms with Crippen molar-refractivity contribution < 1.29 is 14.7 Å². The Morgan fingerprint density at radius 3 is 2.57 bits per heavy atom. The number of carbonyl (C=O) groups excluding carboxylic acids is 1. The molecular formula is C14H15N3O3S. The molecule has 0 spiro atoms. The third kappa shape index (κ3) is 4.11. The molecule has 1 unspecified atom stereocenters. The van der Waals surface area contributed by atoms with Crippen LogP contribution in [0.5, 0.6) is 0 Å². The fraction of sp³-hybridized carbons (Fsp3) is 0.214. The molecule has 0 aliphatic rings. The van der Waals surface area contributed by atoms with Gasteiger partial charge < -0.3 is 16.2 Å². The van der Waals surface area contributed by atoms with Gasteiger partial charge in [0.25, 0.3) is 0 Å². The third-order valence-corrected chi connectivity index (χ3v) is 3.57. The summed E-state index contributed by atoms with van der Waals surface area (Å²) in [5, 5.41) is 14.1. The number of carboxylic acids is 1. The van der Waals surface area contributed by atoms with Crippen molar-refractivity contribution in [2.45, 2.75) is 19.4 Å². The monoisotopic (exact) mass is 305 g/mol. The van der Waals surface area contributed by atoms with Crippen LogP contribution in [0.2, 0.25) is 0 Å². The van der Waals surface area contributed by atoms with Crippen LogP contribution in [0.15, 0.2) is 29.6 Å². The van der Waals surface area contributed by atoms with Crippen molar-refractivity contribution in [3.8, 4) is 11.3 Å². The molecule has 0 radical (unpaired) electrons. The minimum atomic E-state index is -1.10. The van der Waals surface area contributed by atoms with Crippen molar-refractivity contribution in [1.82, 2.24) is 4.98 Å². The van der Waals surface area contributed by atoms with Crippen LogP contribution >= 0.6 is 11.3 Å². The number of aromatic nitrogens is 1. The summed E-state index contributed by atoms with van der Waals surface area (Å²) < 4.78 is 0. The van der Waals surface area contributed by atoms with E-state index < -0.39 is 24.3 Å². The first kappa shape index (κ1) is 15.1. The van der Waals surface area contributed by atoms with Crippen LogP contribution in [0.3, 0.4) is 0 Å². The summed E-state index contributed by atoms with van der Waals surface area (Å²) >= 11 is 1.57. The third-order valence-electron chi connectivity index (χ3n) is 2.80. The van der Waals surface area contributed by atoms with Crippen LogP contribution in [0.4, 0.5) is 5.69 Å². The fourth-order valence-corrected chi connectivity index (χ4v) is 2.36. The van der Waals surface area contributed by atoms with Crippen molar-refractivity contribution >= 4 is 28.9 Å². The van der Waals surface area contributed by atoms with Gasteiger partial charge in [0.05, 0.1) is 23.2 Å². The maximum Gasteiger partial charge on any atom is 0.305 e. The van der Waals surface area contributed by atoms with Crippen LogP contribution in [0.1, 0.15) is 11.4 Å². The molecule has 2 rings (SSSR count). The smallest absolute Gasteiger partial charge is 0.305 e. The molecule has 6 nitrogen and oxygen atoms in total. The Morgan fingerprint density at radius 1 is 1.38 bits per heavy atom. The van der Waals surface area contributed by atoms with Crippen LogP contribution in [0, 0.1) is 6.92 Å². The minimum absolute atomic E-state index is 0.401. The Kier molecular flexibility index (Phi) is 4.66. The summed E-state index contributed by atoms with van der Waals surface area (Å²) in [6.07, 6.45) is -0.401. The van der Waals surface area contributed by atoms with Crippen LogP contribution in [0.25, 0.3) is 11.3 Å². The van der Waals surface area contributed by atoms with Gasteiger partial charge in [0.15, 0.2) is 0 Å². The second-order valence-corrected chi connectivity index (χ2v) is 5.58. The number of anilines is 1. The summed E-state index contributed by atoms with van der Waals surface area (Å²) in [6, 6.07) is 6.08. The summed E-state index contributed by atoms with van der Waals surface area (Å²) in [6.45, 7) is 1.94. The fourth-order valence-electron chi connectivity index (χ4n) is 1.74. The average Bonchev–Trinajstić information content (AvgIpc) is 2.85. The molecule has 2 aromatic rings. The largest absolute Gasteiger partial charge is 0.481 e. The lowest BCUT2D eigenvalue weighted by Crippen LogP contribution is -2.37. The van der Waals surface area contributed by atoms with Crippen molar-refractivity contribution in [2.75, 3.05) is 5.32 Å². The highest BCUT2D eigenvalue weighted by atomic mass is 32.1. The first-order valence-electron chi connectivity index (χ1n) is 6.26. The predicted octanol–water partition coefficient (Wildman–Crippen LogP) is 1.86. The van der Waals surface area contributed by atoms with E-state index in [1.54, 1.807) is 23.5 Å². The molecule has 0 fully saturated rings. The molecule has 0 saturated carbocycles. The number of hydrogen-bond donors (Lipinski definition) is 3. The van der Waals surface area contributed by atoms with Gasteiger partial charge in [0.1, 0.15) is 0 Å². The van der Waals surface area contributed by atoms with E-state index in [0.717, 1.165) is 16.3 Å². The van der Waals surface area contributed by atoms with Gasteiger partial charge in [0, 0.05) is 16.6 Å². The summed E-state index contributed by atoms with van der Waals surface area (Å²) in [5.74, 6) is -1.62. The number of aryl methyl sites for hydroxylation is 1. The lowest BCUT2D eigenvalue weighted by atomic mass is 10.1. The van der Waals surface area contributed by atoms with Gasteiger partial charge in [-0.15, -0.1) is 11.3 Å². The number of carboxylic acid groups (broad SMARTS) is 1. The Hall–Kier alpha value is -2.25. The number of nitrogens with one attached hydrogen (secondary N) is 1. The molecule has 4 N–H and O–H groups in total. The first-order valence-corrected chi connectivity index (χ1v) is 7.14. The van der Waals surface area contributed by atoms with Gasteiger partial charge in [0.2, 0.25) is 5.91 Å². The SMILES string of the molecule is Cc1nc(-c2ccc(NC(=O)C(N)CC(=O)O)cc2)cs1. The normalized spacial score (nSPS) is 11.9. The van der Waals surface area contributed by atoms with E-state index in [4.69, 9.17) is 10.8 Å². The van der Waals surface area contributed by atoms with E-state index in [9.17, 15) is 9.59 Å². The van der Waals surface area contributed by atoms with Crippen molar-refractivity contribution in [1.29, 1.82) is 0 Å². The first-order chi connectivity index (χ1) is 9.95. The topological polar surface area (TPSA) is 105 Å². The van der Waals surface area contributed by atoms with Gasteiger partial charge >= 0.3 is 5.97 Å². The molecule has 0 bridgehead atoms. The zero-order valence-electron chi connectivity index (χ0n) is 11.4. The molecule has 0 aliphatic carbocycles. The summed E-state index contributed by atoms with van der Waals surface area (Å²) in [4.78, 5) is 26.6. The highest BCUT2D eigenvalue weighted by Gasteiger charge is 2.17. The van der Waals surface area contributed by atoms with E-state index in [2.05, 4.69) is 10.3 Å². The Balaban J connectivity index is 2.02. The van der Waals surface area contributed by atoms with Gasteiger partial charge in [-0.05, 0) is 19.1 Å². The van der Waals surface area contributed by atoms with Gasteiger partial charge in [-0.3, -0.25) is 9.59 Å². The molecule has 1 atom stereocenters. The standard InChI is InChI=1S/C14H15N3O3S/c1-8-16-12(7-21-8)9-2-4-10(5-3-9)17-14(20)11(15)6-13(18)19/h2-5,7,11H,6,15H2,1H3,(H,17,20)(H,18,19). The molecule has 1 aromatic carbocycles. The van der Waals surface area contributed by atoms with E-state index in [0.29, 0.717) is 5.69 Å². The molecule has 1 aromatic heterocycles. The van der Waals surface area contributed by atoms with Gasteiger partial charge in [-0.2, -0.15) is 0 Å². The highest BCUT2D eigenvalue weighted by molar-refractivity contribution is 7.09. The number of hydrogen-bond acceptors (Lipinski definition) is 5. The van der Waals surface area contributed by atoms with Crippen molar-refractivity contribution in [3.05, 3.63) is 34.7 Å². The van der Waals surface area contributed by atoms with Gasteiger partial charge in [-0.1, -0.05) is 12.1 Å². The number of carbonyl (C=O) groups is 2. The van der Waals surface area contributed by atoms with E-state index in [-0.39, 0.29) is 0 Å². The van der Waals surface area contributed by atoms with E-state index in [1.165, 1.54) is 0 Å². The Morgan fingerprint density at radius 2 is 2.05 bits per heavy atom. The number of nitrogens with zero attached hydrogens (tertiary/aromatic N) is 1. The van der Waals surface area contributed by atoms with Crippen molar-refractivity contribution in [2.24, 2.45) is 5.73 Å². The lowest BCUT2D eigenvalue weighted by molar-refractivity contribution is -0.138. The number of nitrogens with two attached hydrogens (primary N) is 1. The van der Waals surface area contributed by atoms with Crippen LogP contribution in [-0.4, -0.2) is 28.0 Å². The number of thiazole rings is 1. The molecule has 1 amide bonds. The predicted molar refractivity (Wildman–Crippen MR) is 81.1 cm³/mol. The molecule has 0 saturated heterocycles. The number of amides is 1. The van der Waals surface area contributed by atoms with E-state index in [1.807, 2.05) is 24.4 Å². The van der Waals surface area contributed by atoms with Gasteiger partial charge in [-0.25, -0.2) is 4.98 Å². The maximum atomic E-state index is 11.7. The number of rotatable bonds is 5. The second-order valence-electron chi connectivity index (χ2n) is 4.52. The molecule has 7 heteroatoms. The zero-order chi connectivity index (χ0) is 15.4. The Bertz CT molecular complexity index is 652. The van der Waals surface area contributed by atoms with Crippen molar-refractivity contribution in [3.63, 3.8) is 0 Å². The molecular weight excluding hydrogens is 290 g/mol. The zero-order valence-corrected chi connectivity index (χ0v) is 12.2.